The first-order valence-electron chi connectivity index (χ1n) is 6.36. The average molecular weight is 361 g/mol. The van der Waals surface area contributed by atoms with Crippen molar-refractivity contribution >= 4 is 44.1 Å². The number of hydrogen-bond acceptors (Lipinski definition) is 2. The first-order valence-corrected chi connectivity index (χ1v) is 7.53. The molecule has 104 valence electrons. The fourth-order valence-corrected chi connectivity index (χ4v) is 2.79. The first-order chi connectivity index (χ1) is 10.2. The number of nitriles is 1. The number of anilines is 1. The number of nitrogens with zero attached hydrogens (tertiary/aromatic N) is 1. The lowest BCUT2D eigenvalue weighted by Crippen LogP contribution is -2.00. The minimum Gasteiger partial charge on any atom is -0.380 e. The third-order valence-electron chi connectivity index (χ3n) is 3.30. The van der Waals surface area contributed by atoms with Gasteiger partial charge in [-0.05, 0) is 35.9 Å². The van der Waals surface area contributed by atoms with E-state index in [-0.39, 0.29) is 0 Å². The van der Waals surface area contributed by atoms with Crippen LogP contribution in [0.4, 0.5) is 5.69 Å². The van der Waals surface area contributed by atoms with Crippen molar-refractivity contribution in [3.63, 3.8) is 0 Å². The lowest BCUT2D eigenvalue weighted by atomic mass is 10.1. The predicted octanol–water partition coefficient (Wildman–Crippen LogP) is 5.07. The number of nitrogens with one attached hydrogen (secondary N) is 2. The number of fused-ring (bicyclic) bond motifs is 1. The van der Waals surface area contributed by atoms with Crippen LogP contribution in [0.3, 0.4) is 0 Å². The molecule has 0 saturated heterocycles. The van der Waals surface area contributed by atoms with E-state index in [0.717, 1.165) is 26.6 Å². The lowest BCUT2D eigenvalue weighted by molar-refractivity contribution is 1.16. The quantitative estimate of drug-likeness (QED) is 0.685. The number of aromatic nitrogens is 1. The van der Waals surface area contributed by atoms with Gasteiger partial charge in [-0.15, -0.1) is 0 Å². The minimum atomic E-state index is 0.626. The Kier molecular flexibility index (Phi) is 3.87. The van der Waals surface area contributed by atoms with Gasteiger partial charge >= 0.3 is 0 Å². The van der Waals surface area contributed by atoms with Gasteiger partial charge in [-0.2, -0.15) is 5.26 Å². The van der Waals surface area contributed by atoms with Crippen LogP contribution in [0.1, 0.15) is 11.1 Å². The van der Waals surface area contributed by atoms with Crippen LogP contribution in [-0.2, 0) is 6.54 Å². The summed E-state index contributed by atoms with van der Waals surface area (Å²) in [6.45, 7) is 0.632. The Morgan fingerprint density at radius 2 is 2.10 bits per heavy atom. The van der Waals surface area contributed by atoms with E-state index in [4.69, 9.17) is 16.9 Å². The molecule has 0 bridgehead atoms. The molecular formula is C16H11BrClN3. The zero-order valence-corrected chi connectivity index (χ0v) is 13.3. The van der Waals surface area contributed by atoms with E-state index >= 15 is 0 Å². The molecule has 0 saturated carbocycles. The van der Waals surface area contributed by atoms with Crippen molar-refractivity contribution in [2.75, 3.05) is 5.32 Å². The first kappa shape index (κ1) is 14.0. The van der Waals surface area contributed by atoms with E-state index in [1.165, 1.54) is 0 Å². The zero-order chi connectivity index (χ0) is 14.8. The van der Waals surface area contributed by atoms with E-state index < -0.39 is 0 Å². The molecule has 0 aliphatic carbocycles. The maximum absolute atomic E-state index is 9.14. The summed E-state index contributed by atoms with van der Waals surface area (Å²) in [5.74, 6) is 0. The van der Waals surface area contributed by atoms with Crippen molar-refractivity contribution in [1.82, 2.24) is 4.98 Å². The van der Waals surface area contributed by atoms with Crippen LogP contribution in [0.15, 0.2) is 47.1 Å². The largest absolute Gasteiger partial charge is 0.380 e. The van der Waals surface area contributed by atoms with Gasteiger partial charge in [0.15, 0.2) is 0 Å². The van der Waals surface area contributed by atoms with Gasteiger partial charge < -0.3 is 10.3 Å². The summed E-state index contributed by atoms with van der Waals surface area (Å²) in [4.78, 5) is 3.21. The topological polar surface area (TPSA) is 51.6 Å². The summed E-state index contributed by atoms with van der Waals surface area (Å²) in [5.41, 5.74) is 3.58. The molecule has 0 aliphatic rings. The molecule has 1 aromatic heterocycles. The van der Waals surface area contributed by atoms with Crippen LogP contribution in [-0.4, -0.2) is 4.98 Å². The number of H-pyrrole nitrogens is 1. The van der Waals surface area contributed by atoms with Gasteiger partial charge in [-0.1, -0.05) is 33.6 Å². The SMILES string of the molecule is N#Cc1ccc(Br)cc1NCc1c[nH]c2cc(Cl)ccc12. The number of hydrogen-bond donors (Lipinski definition) is 2. The Hall–Kier alpha value is -1.96. The highest BCUT2D eigenvalue weighted by Crippen LogP contribution is 2.25. The van der Waals surface area contributed by atoms with Crippen LogP contribution in [0.5, 0.6) is 0 Å². The molecule has 3 nitrogen and oxygen atoms in total. The number of benzene rings is 2. The monoisotopic (exact) mass is 359 g/mol. The molecule has 0 aliphatic heterocycles. The second-order valence-corrected chi connectivity index (χ2v) is 6.01. The van der Waals surface area contributed by atoms with Crippen molar-refractivity contribution in [3.8, 4) is 6.07 Å². The number of aromatic amines is 1. The maximum atomic E-state index is 9.14. The number of rotatable bonds is 3. The molecule has 0 radical (unpaired) electrons. The van der Waals surface area contributed by atoms with Gasteiger partial charge in [-0.3, -0.25) is 0 Å². The molecule has 5 heteroatoms. The van der Waals surface area contributed by atoms with Crippen molar-refractivity contribution in [2.45, 2.75) is 6.54 Å². The predicted molar refractivity (Wildman–Crippen MR) is 89.5 cm³/mol. The summed E-state index contributed by atoms with van der Waals surface area (Å²) in [5, 5.41) is 14.3. The van der Waals surface area contributed by atoms with Gasteiger partial charge in [0.2, 0.25) is 0 Å². The van der Waals surface area contributed by atoms with E-state index in [1.54, 1.807) is 6.07 Å². The second-order valence-electron chi connectivity index (χ2n) is 4.66. The Balaban J connectivity index is 1.87. The van der Waals surface area contributed by atoms with Crippen molar-refractivity contribution in [3.05, 3.63) is 63.2 Å². The summed E-state index contributed by atoms with van der Waals surface area (Å²) < 4.78 is 0.940. The highest BCUT2D eigenvalue weighted by molar-refractivity contribution is 9.10. The Morgan fingerprint density at radius 3 is 2.90 bits per heavy atom. The fraction of sp³-hybridized carbons (Fsp3) is 0.0625. The Morgan fingerprint density at radius 1 is 1.24 bits per heavy atom. The molecule has 21 heavy (non-hydrogen) atoms. The number of halogens is 2. The minimum absolute atomic E-state index is 0.626. The summed E-state index contributed by atoms with van der Waals surface area (Å²) >= 11 is 9.40. The second kappa shape index (κ2) is 5.80. The van der Waals surface area contributed by atoms with E-state index in [9.17, 15) is 0 Å². The molecule has 0 atom stereocenters. The van der Waals surface area contributed by atoms with Crippen molar-refractivity contribution in [2.24, 2.45) is 0 Å². The zero-order valence-electron chi connectivity index (χ0n) is 11.0. The van der Waals surface area contributed by atoms with Crippen LogP contribution < -0.4 is 5.32 Å². The highest BCUT2D eigenvalue weighted by Gasteiger charge is 2.06. The Labute approximate surface area is 135 Å². The summed E-state index contributed by atoms with van der Waals surface area (Å²) in [6, 6.07) is 13.5. The molecule has 1 heterocycles. The van der Waals surface area contributed by atoms with E-state index in [2.05, 4.69) is 32.3 Å². The fourth-order valence-electron chi connectivity index (χ4n) is 2.26. The molecule has 2 N–H and O–H groups in total. The molecule has 0 unspecified atom stereocenters. The van der Waals surface area contributed by atoms with Crippen LogP contribution >= 0.6 is 27.5 Å². The van der Waals surface area contributed by atoms with Gasteiger partial charge in [0, 0.05) is 33.1 Å². The van der Waals surface area contributed by atoms with Gasteiger partial charge in [-0.25, -0.2) is 0 Å². The van der Waals surface area contributed by atoms with Crippen molar-refractivity contribution < 1.29 is 0 Å². The van der Waals surface area contributed by atoms with Gasteiger partial charge in [0.05, 0.1) is 11.3 Å². The Bertz CT molecular complexity index is 848. The van der Waals surface area contributed by atoms with E-state index in [0.29, 0.717) is 17.1 Å². The summed E-state index contributed by atoms with van der Waals surface area (Å²) in [7, 11) is 0. The third kappa shape index (κ3) is 2.90. The third-order valence-corrected chi connectivity index (χ3v) is 4.03. The molecule has 2 aromatic carbocycles. The molecule has 0 spiro atoms. The average Bonchev–Trinajstić information content (AvgIpc) is 2.87. The normalized spacial score (nSPS) is 10.5. The molecule has 3 aromatic rings. The summed E-state index contributed by atoms with van der Waals surface area (Å²) in [6.07, 6.45) is 1.96. The molecule has 0 fully saturated rings. The van der Waals surface area contributed by atoms with Crippen LogP contribution in [0.2, 0.25) is 5.02 Å². The molecule has 0 amide bonds. The maximum Gasteiger partial charge on any atom is 0.101 e. The van der Waals surface area contributed by atoms with E-state index in [1.807, 2.05) is 36.5 Å². The smallest absolute Gasteiger partial charge is 0.101 e. The molecular weight excluding hydrogens is 350 g/mol. The van der Waals surface area contributed by atoms with Crippen molar-refractivity contribution in [1.29, 1.82) is 5.26 Å². The van der Waals surface area contributed by atoms with Gasteiger partial charge in [0.25, 0.3) is 0 Å². The van der Waals surface area contributed by atoms with Crippen LogP contribution in [0.25, 0.3) is 10.9 Å². The standard InChI is InChI=1S/C16H11BrClN3/c17-12-2-1-10(7-19)15(5-12)20-8-11-9-21-16-6-13(18)3-4-14(11)16/h1-6,9,20-21H,8H2. The van der Waals surface area contributed by atoms with Crippen LogP contribution in [0, 0.1) is 11.3 Å². The molecule has 3 rings (SSSR count). The highest BCUT2D eigenvalue weighted by atomic mass is 79.9. The van der Waals surface area contributed by atoms with Gasteiger partial charge in [0.1, 0.15) is 6.07 Å². The lowest BCUT2D eigenvalue weighted by Gasteiger charge is -2.08.